The Kier molecular flexibility index (Phi) is 4.71. The van der Waals surface area contributed by atoms with Crippen LogP contribution in [0.2, 0.25) is 0 Å². The Balaban J connectivity index is 3.08. The lowest BCUT2D eigenvalue weighted by atomic mass is 11.0. The summed E-state index contributed by atoms with van der Waals surface area (Å²) in [6, 6.07) is 0. The summed E-state index contributed by atoms with van der Waals surface area (Å²) in [5.74, 6) is 0. The van der Waals surface area contributed by atoms with Gasteiger partial charge in [0.1, 0.15) is 0 Å². The summed E-state index contributed by atoms with van der Waals surface area (Å²) in [5, 5.41) is 2.78. The van der Waals surface area contributed by atoms with Crippen LogP contribution in [0, 0.1) is 0 Å². The molecule has 0 aliphatic carbocycles. The fourth-order valence-electron chi connectivity index (χ4n) is 0.169. The van der Waals surface area contributed by atoms with Crippen molar-refractivity contribution in [1.82, 2.24) is 5.32 Å². The van der Waals surface area contributed by atoms with E-state index >= 15 is 0 Å². The van der Waals surface area contributed by atoms with Crippen molar-refractivity contribution < 1.29 is 0 Å². The van der Waals surface area contributed by atoms with Crippen molar-refractivity contribution in [3.8, 4) is 0 Å². The van der Waals surface area contributed by atoms with Crippen molar-refractivity contribution in [1.29, 1.82) is 0 Å². The zero-order valence-electron chi connectivity index (χ0n) is 3.99. The Labute approximate surface area is 54.3 Å². The number of nitrogens with one attached hydrogen (secondary N) is 1. The maximum Gasteiger partial charge on any atom is 0.261 e. The fourth-order valence-corrected chi connectivity index (χ4v) is 0.943. The second-order valence-electron chi connectivity index (χ2n) is 0.982. The molecule has 0 unspecified atom stereocenters. The zero-order chi connectivity index (χ0) is 5.70. The Bertz CT molecular complexity index is 64.0. The van der Waals surface area contributed by atoms with Crippen molar-refractivity contribution >= 4 is 29.6 Å². The molecule has 0 aromatic rings. The summed E-state index contributed by atoms with van der Waals surface area (Å²) in [5.41, 5.74) is 1.78. The van der Waals surface area contributed by atoms with Crippen LogP contribution >= 0.6 is 22.2 Å². The second kappa shape index (κ2) is 4.49. The maximum absolute atomic E-state index is 5.43. The third-order valence-corrected chi connectivity index (χ3v) is 1.76. The van der Waals surface area contributed by atoms with E-state index in [1.165, 1.54) is 0 Å². The molecule has 0 saturated carbocycles. The van der Waals surface area contributed by atoms with E-state index in [-0.39, 0.29) is 0 Å². The number of hydrogen-bond donors (Lipinski definition) is 1. The highest BCUT2D eigenvalue weighted by molar-refractivity contribution is 7.36. The Morgan fingerprint density at radius 2 is 2.14 bits per heavy atom. The smallest absolute Gasteiger partial charge is 0.261 e. The third kappa shape index (κ3) is 6.34. The molecule has 42 valence electrons. The van der Waals surface area contributed by atoms with Crippen LogP contribution in [0.5, 0.6) is 0 Å². The maximum atomic E-state index is 5.43. The molecule has 0 heterocycles. The van der Waals surface area contributed by atoms with E-state index in [1.54, 1.807) is 18.9 Å². The molecule has 0 atom stereocenters. The molecule has 0 aliphatic heterocycles. The molecule has 0 saturated heterocycles. The Hall–Kier alpha value is 0.337. The van der Waals surface area contributed by atoms with E-state index < -0.39 is 7.42 Å². The van der Waals surface area contributed by atoms with Gasteiger partial charge in [-0.25, -0.2) is 0 Å². The predicted molar refractivity (Wildman–Crippen MR) is 37.1 cm³/mol. The van der Waals surface area contributed by atoms with Crippen molar-refractivity contribution in [3.63, 3.8) is 0 Å². The second-order valence-corrected chi connectivity index (χ2v) is 5.53. The summed E-state index contributed by atoms with van der Waals surface area (Å²) in [4.78, 5) is 0. The summed E-state index contributed by atoms with van der Waals surface area (Å²) >= 11 is 10.9. The lowest BCUT2D eigenvalue weighted by molar-refractivity contribution is 1.11. The van der Waals surface area contributed by atoms with Crippen LogP contribution in [-0.2, 0) is 0 Å². The lowest BCUT2D eigenvalue weighted by Gasteiger charge is -1.84. The molecule has 0 amide bonds. The topological polar surface area (TPSA) is 12.0 Å². The molecule has 0 rings (SSSR count). The molecule has 0 aliphatic rings. The first-order chi connectivity index (χ1) is 3.27. The molecule has 1 N–H and O–H groups in total. The minimum atomic E-state index is -1.49. The van der Waals surface area contributed by atoms with Gasteiger partial charge < -0.3 is 5.32 Å². The molecule has 7 heavy (non-hydrogen) atoms. The van der Waals surface area contributed by atoms with Crippen LogP contribution in [-0.4, -0.2) is 14.5 Å². The van der Waals surface area contributed by atoms with E-state index in [1.807, 2.05) is 0 Å². The third-order valence-electron chi connectivity index (χ3n) is 0.408. The summed E-state index contributed by atoms with van der Waals surface area (Å²) in [6.07, 6.45) is 1.75. The molecule has 0 fully saturated rings. The first kappa shape index (κ1) is 7.34. The first-order valence-corrected chi connectivity index (χ1v) is 6.05. The number of hydrogen-bond acceptors (Lipinski definition) is 1. The van der Waals surface area contributed by atoms with Gasteiger partial charge in [0.25, 0.3) is 7.42 Å². The van der Waals surface area contributed by atoms with Gasteiger partial charge >= 0.3 is 0 Å². The van der Waals surface area contributed by atoms with Gasteiger partial charge in [-0.2, -0.15) is 0 Å². The van der Waals surface area contributed by atoms with E-state index in [9.17, 15) is 0 Å². The van der Waals surface area contributed by atoms with E-state index in [0.717, 1.165) is 0 Å². The molecule has 0 aromatic heterocycles. The molecular weight excluding hydrogens is 149 g/mol. The van der Waals surface area contributed by atoms with Crippen LogP contribution in [0.3, 0.4) is 0 Å². The standard InChI is InChI=1S/C3H7Cl2NSi/c1-6-2-3-7(4)5/h2-3,6-7H,1H3. The highest BCUT2D eigenvalue weighted by atomic mass is 35.7. The average Bonchev–Trinajstić information content (AvgIpc) is 1.61. The molecule has 4 heteroatoms. The van der Waals surface area contributed by atoms with Crippen LogP contribution in [0.25, 0.3) is 0 Å². The van der Waals surface area contributed by atoms with Crippen molar-refractivity contribution in [2.45, 2.75) is 0 Å². The van der Waals surface area contributed by atoms with Crippen molar-refractivity contribution in [2.24, 2.45) is 0 Å². The van der Waals surface area contributed by atoms with Gasteiger partial charge in [0.15, 0.2) is 0 Å². The van der Waals surface area contributed by atoms with Gasteiger partial charge in [0.2, 0.25) is 0 Å². The van der Waals surface area contributed by atoms with E-state index in [2.05, 4.69) is 5.32 Å². The Morgan fingerprint density at radius 1 is 1.57 bits per heavy atom. The fraction of sp³-hybridized carbons (Fsp3) is 0.333. The molecule has 0 spiro atoms. The van der Waals surface area contributed by atoms with Crippen LogP contribution < -0.4 is 5.32 Å². The van der Waals surface area contributed by atoms with Crippen LogP contribution in [0.15, 0.2) is 11.9 Å². The largest absolute Gasteiger partial charge is 0.394 e. The molecule has 0 bridgehead atoms. The number of halogens is 2. The molecular formula is C3H7Cl2NSi. The SMILES string of the molecule is CNC=C[SiH](Cl)Cl. The number of rotatable bonds is 2. The van der Waals surface area contributed by atoms with Crippen molar-refractivity contribution in [2.75, 3.05) is 7.05 Å². The molecule has 0 radical (unpaired) electrons. The van der Waals surface area contributed by atoms with Gasteiger partial charge in [0.05, 0.1) is 0 Å². The highest BCUT2D eigenvalue weighted by Crippen LogP contribution is 1.94. The quantitative estimate of drug-likeness (QED) is 0.463. The predicted octanol–water partition coefficient (Wildman–Crippen LogP) is 0.957. The van der Waals surface area contributed by atoms with Gasteiger partial charge in [-0.3, -0.25) is 0 Å². The zero-order valence-corrected chi connectivity index (χ0v) is 6.65. The molecule has 1 nitrogen and oxygen atoms in total. The average molecular weight is 156 g/mol. The van der Waals surface area contributed by atoms with Gasteiger partial charge in [-0.15, -0.1) is 22.2 Å². The summed E-state index contributed by atoms with van der Waals surface area (Å²) in [6.45, 7) is 0. The van der Waals surface area contributed by atoms with Gasteiger partial charge in [-0.05, 0) is 6.20 Å². The normalized spacial score (nSPS) is 10.9. The lowest BCUT2D eigenvalue weighted by Crippen LogP contribution is -1.94. The minimum absolute atomic E-state index is 1.49. The van der Waals surface area contributed by atoms with Crippen LogP contribution in [0.4, 0.5) is 0 Å². The Morgan fingerprint density at radius 3 is 2.29 bits per heavy atom. The van der Waals surface area contributed by atoms with Gasteiger partial charge in [-0.1, -0.05) is 5.70 Å². The summed E-state index contributed by atoms with van der Waals surface area (Å²) in [7, 11) is 0.320. The molecule has 0 aromatic carbocycles. The van der Waals surface area contributed by atoms with E-state index in [4.69, 9.17) is 22.2 Å². The minimum Gasteiger partial charge on any atom is -0.394 e. The van der Waals surface area contributed by atoms with Crippen molar-refractivity contribution in [3.05, 3.63) is 11.9 Å². The summed E-state index contributed by atoms with van der Waals surface area (Å²) < 4.78 is 0. The van der Waals surface area contributed by atoms with E-state index in [0.29, 0.717) is 0 Å². The van der Waals surface area contributed by atoms with Crippen LogP contribution in [0.1, 0.15) is 0 Å². The monoisotopic (exact) mass is 155 g/mol. The first-order valence-electron chi connectivity index (χ1n) is 1.89. The van der Waals surface area contributed by atoms with Gasteiger partial charge in [0, 0.05) is 7.05 Å². The highest BCUT2D eigenvalue weighted by Gasteiger charge is 1.89.